The molecule has 0 bridgehead atoms. The molecule has 2 heterocycles. The maximum absolute atomic E-state index is 5.98. The maximum atomic E-state index is 5.98. The zero-order valence-electron chi connectivity index (χ0n) is 18.1. The highest BCUT2D eigenvalue weighted by molar-refractivity contribution is 5.79. The van der Waals surface area contributed by atoms with Crippen molar-refractivity contribution >= 4 is 5.96 Å². The summed E-state index contributed by atoms with van der Waals surface area (Å²) in [5.74, 6) is 2.44. The van der Waals surface area contributed by atoms with Crippen LogP contribution < -0.4 is 15.4 Å². The monoisotopic (exact) mass is 406 g/mol. The summed E-state index contributed by atoms with van der Waals surface area (Å²) in [6.45, 7) is 10.2. The minimum Gasteiger partial charge on any atom is -0.491 e. The van der Waals surface area contributed by atoms with Crippen molar-refractivity contribution in [3.8, 4) is 11.6 Å². The van der Waals surface area contributed by atoms with Crippen molar-refractivity contribution < 1.29 is 4.74 Å². The molecule has 0 amide bonds. The normalized spacial score (nSPS) is 11.6. The van der Waals surface area contributed by atoms with Crippen LogP contribution >= 0.6 is 0 Å². The van der Waals surface area contributed by atoms with Crippen LogP contribution in [0.15, 0.2) is 60.0 Å². The number of rotatable bonds is 8. The standard InChI is InChI=1S/C23H30N6O/c1-5-24-23(27-16-20-8-7-18(4)13-21(20)30-17(2)3)26-15-19-9-11-25-22(14-19)29-12-6-10-28-29/h6-14,17H,5,15-16H2,1-4H3,(H2,24,26,27). The number of nitrogens with zero attached hydrogens (tertiary/aromatic N) is 4. The lowest BCUT2D eigenvalue weighted by Gasteiger charge is -2.17. The maximum Gasteiger partial charge on any atom is 0.191 e. The van der Waals surface area contributed by atoms with Gasteiger partial charge in [-0.25, -0.2) is 14.7 Å². The molecule has 0 radical (unpaired) electrons. The van der Waals surface area contributed by atoms with E-state index in [0.717, 1.165) is 35.2 Å². The number of nitrogens with one attached hydrogen (secondary N) is 2. The summed E-state index contributed by atoms with van der Waals surface area (Å²) in [6, 6.07) is 12.1. The molecule has 0 aliphatic carbocycles. The summed E-state index contributed by atoms with van der Waals surface area (Å²) in [6.07, 6.45) is 5.52. The van der Waals surface area contributed by atoms with E-state index < -0.39 is 0 Å². The van der Waals surface area contributed by atoms with Gasteiger partial charge in [-0.15, -0.1) is 0 Å². The summed E-state index contributed by atoms with van der Waals surface area (Å²) >= 11 is 0. The molecular weight excluding hydrogens is 376 g/mol. The average Bonchev–Trinajstić information content (AvgIpc) is 3.26. The lowest BCUT2D eigenvalue weighted by molar-refractivity contribution is 0.239. The van der Waals surface area contributed by atoms with Crippen molar-refractivity contribution in [2.75, 3.05) is 6.54 Å². The van der Waals surface area contributed by atoms with Crippen LogP contribution in [0, 0.1) is 6.92 Å². The SMILES string of the molecule is CCNC(=NCc1ccnc(-n2cccn2)c1)NCc1ccc(C)cc1OC(C)C. The predicted molar refractivity (Wildman–Crippen MR) is 120 cm³/mol. The van der Waals surface area contributed by atoms with Gasteiger partial charge in [-0.2, -0.15) is 5.10 Å². The Morgan fingerprint density at radius 2 is 2.03 bits per heavy atom. The van der Waals surface area contributed by atoms with Crippen LogP contribution in [-0.2, 0) is 13.1 Å². The number of ether oxygens (including phenoxy) is 1. The van der Waals surface area contributed by atoms with E-state index >= 15 is 0 Å². The minimum absolute atomic E-state index is 0.128. The summed E-state index contributed by atoms with van der Waals surface area (Å²) in [5.41, 5.74) is 3.34. The number of aryl methyl sites for hydroxylation is 1. The van der Waals surface area contributed by atoms with Crippen LogP contribution in [0.2, 0.25) is 0 Å². The number of aromatic nitrogens is 3. The quantitative estimate of drug-likeness (QED) is 0.441. The second-order valence-electron chi connectivity index (χ2n) is 7.30. The van der Waals surface area contributed by atoms with Crippen LogP contribution in [0.5, 0.6) is 5.75 Å². The molecule has 0 saturated carbocycles. The number of pyridine rings is 1. The van der Waals surface area contributed by atoms with Gasteiger partial charge < -0.3 is 15.4 Å². The lowest BCUT2D eigenvalue weighted by atomic mass is 10.1. The molecule has 2 aromatic heterocycles. The lowest BCUT2D eigenvalue weighted by Crippen LogP contribution is -2.36. The van der Waals surface area contributed by atoms with Gasteiger partial charge in [-0.3, -0.25) is 0 Å². The van der Waals surface area contributed by atoms with Gasteiger partial charge in [-0.05, 0) is 63.1 Å². The second kappa shape index (κ2) is 10.4. The molecule has 158 valence electrons. The number of guanidine groups is 1. The first kappa shape index (κ1) is 21.4. The minimum atomic E-state index is 0.128. The zero-order chi connectivity index (χ0) is 21.3. The molecule has 0 aliphatic heterocycles. The van der Waals surface area contributed by atoms with Crippen molar-refractivity contribution in [1.29, 1.82) is 0 Å². The van der Waals surface area contributed by atoms with Crippen LogP contribution in [0.1, 0.15) is 37.5 Å². The van der Waals surface area contributed by atoms with Gasteiger partial charge in [0.2, 0.25) is 0 Å². The molecule has 0 atom stereocenters. The van der Waals surface area contributed by atoms with Crippen molar-refractivity contribution in [2.45, 2.75) is 46.9 Å². The van der Waals surface area contributed by atoms with E-state index in [1.165, 1.54) is 5.56 Å². The van der Waals surface area contributed by atoms with E-state index in [9.17, 15) is 0 Å². The number of aliphatic imine (C=N–C) groups is 1. The fraction of sp³-hybridized carbons (Fsp3) is 0.348. The second-order valence-corrected chi connectivity index (χ2v) is 7.30. The first-order chi connectivity index (χ1) is 14.5. The molecule has 3 rings (SSSR count). The van der Waals surface area contributed by atoms with E-state index in [1.807, 2.05) is 38.2 Å². The number of hydrogen-bond acceptors (Lipinski definition) is 4. The molecular formula is C23H30N6O. The highest BCUT2D eigenvalue weighted by atomic mass is 16.5. The summed E-state index contributed by atoms with van der Waals surface area (Å²) in [5, 5.41) is 10.9. The molecule has 1 aromatic carbocycles. The number of benzene rings is 1. The highest BCUT2D eigenvalue weighted by Crippen LogP contribution is 2.21. The van der Waals surface area contributed by atoms with Gasteiger partial charge in [-0.1, -0.05) is 12.1 Å². The first-order valence-electron chi connectivity index (χ1n) is 10.3. The topological polar surface area (TPSA) is 76.4 Å². The molecule has 3 aromatic rings. The summed E-state index contributed by atoms with van der Waals surface area (Å²) < 4.78 is 7.72. The van der Waals surface area contributed by atoms with Crippen LogP contribution in [-0.4, -0.2) is 33.4 Å². The van der Waals surface area contributed by atoms with Crippen molar-refractivity contribution in [2.24, 2.45) is 4.99 Å². The fourth-order valence-electron chi connectivity index (χ4n) is 2.95. The Hall–Kier alpha value is -3.35. The Morgan fingerprint density at radius 1 is 1.17 bits per heavy atom. The Balaban J connectivity index is 1.69. The summed E-state index contributed by atoms with van der Waals surface area (Å²) in [7, 11) is 0. The van der Waals surface area contributed by atoms with E-state index in [4.69, 9.17) is 9.73 Å². The molecule has 2 N–H and O–H groups in total. The Morgan fingerprint density at radius 3 is 2.77 bits per heavy atom. The molecule has 0 spiro atoms. The average molecular weight is 407 g/mol. The Labute approximate surface area is 178 Å². The first-order valence-corrected chi connectivity index (χ1v) is 10.3. The molecule has 0 aliphatic rings. The van der Waals surface area contributed by atoms with Crippen molar-refractivity contribution in [1.82, 2.24) is 25.4 Å². The highest BCUT2D eigenvalue weighted by Gasteiger charge is 2.08. The number of hydrogen-bond donors (Lipinski definition) is 2. The van der Waals surface area contributed by atoms with Crippen molar-refractivity contribution in [3.63, 3.8) is 0 Å². The van der Waals surface area contributed by atoms with Gasteiger partial charge in [0.1, 0.15) is 5.75 Å². The Bertz CT molecular complexity index is 966. The molecule has 0 unspecified atom stereocenters. The Kier molecular flexibility index (Phi) is 7.43. The predicted octanol–water partition coefficient (Wildman–Crippen LogP) is 3.62. The van der Waals surface area contributed by atoms with Crippen molar-refractivity contribution in [3.05, 3.63) is 71.7 Å². The van der Waals surface area contributed by atoms with Crippen LogP contribution in [0.3, 0.4) is 0 Å². The van der Waals surface area contributed by atoms with Gasteiger partial charge in [0.05, 0.1) is 12.6 Å². The van der Waals surface area contributed by atoms with Gasteiger partial charge in [0.15, 0.2) is 11.8 Å². The van der Waals surface area contributed by atoms with Gasteiger partial charge in [0.25, 0.3) is 0 Å². The van der Waals surface area contributed by atoms with Crippen LogP contribution in [0.4, 0.5) is 0 Å². The third-order valence-electron chi connectivity index (χ3n) is 4.34. The van der Waals surface area contributed by atoms with E-state index in [1.54, 1.807) is 17.1 Å². The third kappa shape index (κ3) is 6.07. The van der Waals surface area contributed by atoms with Crippen LogP contribution in [0.25, 0.3) is 5.82 Å². The molecule has 0 fully saturated rings. The molecule has 7 heteroatoms. The summed E-state index contributed by atoms with van der Waals surface area (Å²) in [4.78, 5) is 9.09. The third-order valence-corrected chi connectivity index (χ3v) is 4.34. The van der Waals surface area contributed by atoms with E-state index in [0.29, 0.717) is 13.1 Å². The van der Waals surface area contributed by atoms with Gasteiger partial charge >= 0.3 is 0 Å². The van der Waals surface area contributed by atoms with Gasteiger partial charge in [0, 0.05) is 37.2 Å². The molecule has 7 nitrogen and oxygen atoms in total. The molecule has 0 saturated heterocycles. The smallest absolute Gasteiger partial charge is 0.191 e. The van der Waals surface area contributed by atoms with E-state index in [-0.39, 0.29) is 6.10 Å². The molecule has 30 heavy (non-hydrogen) atoms. The van der Waals surface area contributed by atoms with E-state index in [2.05, 4.69) is 52.8 Å². The zero-order valence-corrected chi connectivity index (χ0v) is 18.1. The fourth-order valence-corrected chi connectivity index (χ4v) is 2.95. The largest absolute Gasteiger partial charge is 0.491 e.